The van der Waals surface area contributed by atoms with Gasteiger partial charge in [0.25, 0.3) is 5.91 Å². The van der Waals surface area contributed by atoms with Gasteiger partial charge < -0.3 is 10.1 Å². The number of ether oxygens (including phenoxy) is 1. The van der Waals surface area contributed by atoms with Crippen LogP contribution in [0.15, 0.2) is 24.3 Å². The van der Waals surface area contributed by atoms with Gasteiger partial charge in [-0.2, -0.15) is 0 Å². The van der Waals surface area contributed by atoms with E-state index in [2.05, 4.69) is 21.2 Å². The number of rotatable bonds is 7. The maximum atomic E-state index is 11.9. The van der Waals surface area contributed by atoms with Gasteiger partial charge in [-0.25, -0.2) is 0 Å². The molecule has 1 aromatic carbocycles. The number of hydrogen-bond donors (Lipinski definition) is 1. The highest BCUT2D eigenvalue weighted by Crippen LogP contribution is 2.12. The second kappa shape index (κ2) is 8.25. The van der Waals surface area contributed by atoms with Crippen molar-refractivity contribution in [3.63, 3.8) is 0 Å². The fourth-order valence-corrected chi connectivity index (χ4v) is 1.96. The molecular weight excluding hydrogens is 282 g/mol. The van der Waals surface area contributed by atoms with Crippen LogP contribution in [0, 0.1) is 0 Å². The smallest absolute Gasteiger partial charge is 0.251 e. The van der Waals surface area contributed by atoms with Gasteiger partial charge in [0, 0.05) is 30.7 Å². The molecule has 4 heteroatoms. The van der Waals surface area contributed by atoms with E-state index in [0.717, 1.165) is 24.2 Å². The topological polar surface area (TPSA) is 38.3 Å². The van der Waals surface area contributed by atoms with E-state index in [1.807, 2.05) is 31.2 Å². The molecule has 0 radical (unpaired) electrons. The number of nitrogens with one attached hydrogen (secondary N) is 1. The molecule has 0 heterocycles. The highest BCUT2D eigenvalue weighted by atomic mass is 79.9. The molecule has 0 fully saturated rings. The first kappa shape index (κ1) is 14.2. The van der Waals surface area contributed by atoms with Crippen LogP contribution in [0.5, 0.6) is 0 Å². The zero-order chi connectivity index (χ0) is 12.5. The number of carbonyl (C=O) groups is 1. The first-order valence-corrected chi connectivity index (χ1v) is 6.91. The molecule has 17 heavy (non-hydrogen) atoms. The van der Waals surface area contributed by atoms with Crippen molar-refractivity contribution in [2.45, 2.75) is 18.7 Å². The molecule has 0 atom stereocenters. The molecule has 1 amide bonds. The molecule has 1 N–H and O–H groups in total. The van der Waals surface area contributed by atoms with Gasteiger partial charge >= 0.3 is 0 Å². The van der Waals surface area contributed by atoms with Crippen molar-refractivity contribution in [2.24, 2.45) is 0 Å². The maximum absolute atomic E-state index is 11.9. The van der Waals surface area contributed by atoms with Gasteiger partial charge in [-0.15, -0.1) is 0 Å². The Hall–Kier alpha value is -0.870. The van der Waals surface area contributed by atoms with Crippen LogP contribution in [0.1, 0.15) is 29.3 Å². The molecule has 3 nitrogen and oxygen atoms in total. The molecule has 94 valence electrons. The number of benzene rings is 1. The van der Waals surface area contributed by atoms with Gasteiger partial charge in [-0.05, 0) is 25.0 Å². The lowest BCUT2D eigenvalue weighted by molar-refractivity contribution is 0.0943. The summed E-state index contributed by atoms with van der Waals surface area (Å²) in [5.41, 5.74) is 1.75. The standard InChI is InChI=1S/C13H18BrNO2/c1-2-17-9-5-8-15-13(16)12-7-4-3-6-11(12)10-14/h3-4,6-7H,2,5,8-10H2,1H3,(H,15,16). The van der Waals surface area contributed by atoms with Crippen molar-refractivity contribution >= 4 is 21.8 Å². The molecule has 0 saturated heterocycles. The summed E-state index contributed by atoms with van der Waals surface area (Å²) in [5, 5.41) is 3.58. The van der Waals surface area contributed by atoms with Gasteiger partial charge in [0.15, 0.2) is 0 Å². The molecule has 0 aliphatic rings. The lowest BCUT2D eigenvalue weighted by Crippen LogP contribution is -2.26. The molecule has 0 saturated carbocycles. The lowest BCUT2D eigenvalue weighted by Gasteiger charge is -2.08. The first-order chi connectivity index (χ1) is 8.29. The molecule has 1 rings (SSSR count). The van der Waals surface area contributed by atoms with E-state index >= 15 is 0 Å². The Morgan fingerprint density at radius 3 is 2.88 bits per heavy atom. The summed E-state index contributed by atoms with van der Waals surface area (Å²) in [7, 11) is 0. The van der Waals surface area contributed by atoms with Crippen molar-refractivity contribution in [3.05, 3.63) is 35.4 Å². The van der Waals surface area contributed by atoms with E-state index in [4.69, 9.17) is 4.74 Å². The number of carbonyl (C=O) groups excluding carboxylic acids is 1. The summed E-state index contributed by atoms with van der Waals surface area (Å²) >= 11 is 3.38. The van der Waals surface area contributed by atoms with Crippen LogP contribution in [-0.4, -0.2) is 25.7 Å². The fraction of sp³-hybridized carbons (Fsp3) is 0.462. The summed E-state index contributed by atoms with van der Waals surface area (Å²) < 4.78 is 5.21. The van der Waals surface area contributed by atoms with Crippen molar-refractivity contribution in [1.82, 2.24) is 5.32 Å². The number of hydrogen-bond acceptors (Lipinski definition) is 2. The van der Waals surface area contributed by atoms with E-state index < -0.39 is 0 Å². The van der Waals surface area contributed by atoms with Crippen molar-refractivity contribution in [1.29, 1.82) is 0 Å². The Bertz CT molecular complexity index is 355. The average molecular weight is 300 g/mol. The number of amides is 1. The van der Waals surface area contributed by atoms with E-state index in [1.54, 1.807) is 0 Å². The Morgan fingerprint density at radius 1 is 1.41 bits per heavy atom. The minimum Gasteiger partial charge on any atom is -0.382 e. The van der Waals surface area contributed by atoms with Crippen molar-refractivity contribution < 1.29 is 9.53 Å². The van der Waals surface area contributed by atoms with Gasteiger partial charge in [0.1, 0.15) is 0 Å². The highest BCUT2D eigenvalue weighted by molar-refractivity contribution is 9.08. The Kier molecular flexibility index (Phi) is 6.89. The molecule has 0 unspecified atom stereocenters. The minimum atomic E-state index is -0.0171. The third-order valence-corrected chi connectivity index (χ3v) is 2.97. The third kappa shape index (κ3) is 4.88. The maximum Gasteiger partial charge on any atom is 0.251 e. The molecule has 1 aromatic rings. The molecular formula is C13H18BrNO2. The average Bonchev–Trinajstić information content (AvgIpc) is 2.38. The van der Waals surface area contributed by atoms with Crippen molar-refractivity contribution in [3.8, 4) is 0 Å². The van der Waals surface area contributed by atoms with Crippen LogP contribution in [0.2, 0.25) is 0 Å². The van der Waals surface area contributed by atoms with E-state index in [1.165, 1.54) is 0 Å². The summed E-state index contributed by atoms with van der Waals surface area (Å²) in [6.07, 6.45) is 0.843. The zero-order valence-corrected chi connectivity index (χ0v) is 11.6. The number of alkyl halides is 1. The summed E-state index contributed by atoms with van der Waals surface area (Å²) in [5.74, 6) is -0.0171. The van der Waals surface area contributed by atoms with Crippen LogP contribution in [0.4, 0.5) is 0 Å². The number of halogens is 1. The van der Waals surface area contributed by atoms with Crippen LogP contribution in [0.3, 0.4) is 0 Å². The predicted molar refractivity (Wildman–Crippen MR) is 72.5 cm³/mol. The van der Waals surface area contributed by atoms with Gasteiger partial charge in [-0.1, -0.05) is 34.1 Å². The zero-order valence-electron chi connectivity index (χ0n) is 10.0. The monoisotopic (exact) mass is 299 g/mol. The summed E-state index contributed by atoms with van der Waals surface area (Å²) in [4.78, 5) is 11.9. The third-order valence-electron chi connectivity index (χ3n) is 2.36. The van der Waals surface area contributed by atoms with E-state index in [9.17, 15) is 4.79 Å². The fourth-order valence-electron chi connectivity index (χ4n) is 1.47. The van der Waals surface area contributed by atoms with Crippen LogP contribution < -0.4 is 5.32 Å². The predicted octanol–water partition coefficient (Wildman–Crippen LogP) is 2.74. The summed E-state index contributed by atoms with van der Waals surface area (Å²) in [6.45, 7) is 4.03. The molecule has 0 bridgehead atoms. The Balaban J connectivity index is 2.41. The SMILES string of the molecule is CCOCCCNC(=O)c1ccccc1CBr. The van der Waals surface area contributed by atoms with Crippen LogP contribution >= 0.6 is 15.9 Å². The van der Waals surface area contributed by atoms with E-state index in [-0.39, 0.29) is 5.91 Å². The lowest BCUT2D eigenvalue weighted by atomic mass is 10.1. The second-order valence-electron chi connectivity index (χ2n) is 3.60. The van der Waals surface area contributed by atoms with Gasteiger partial charge in [0.2, 0.25) is 0 Å². The normalized spacial score (nSPS) is 10.2. The molecule has 0 spiro atoms. The quantitative estimate of drug-likeness (QED) is 0.621. The second-order valence-corrected chi connectivity index (χ2v) is 4.16. The highest BCUT2D eigenvalue weighted by Gasteiger charge is 2.08. The van der Waals surface area contributed by atoms with Crippen LogP contribution in [0.25, 0.3) is 0 Å². The van der Waals surface area contributed by atoms with Crippen molar-refractivity contribution in [2.75, 3.05) is 19.8 Å². The molecule has 0 aliphatic heterocycles. The van der Waals surface area contributed by atoms with Crippen LogP contribution in [-0.2, 0) is 10.1 Å². The van der Waals surface area contributed by atoms with Gasteiger partial charge in [0.05, 0.1) is 0 Å². The minimum absolute atomic E-state index is 0.0171. The largest absolute Gasteiger partial charge is 0.382 e. The summed E-state index contributed by atoms with van der Waals surface area (Å²) in [6, 6.07) is 7.60. The Morgan fingerprint density at radius 2 is 2.18 bits per heavy atom. The molecule has 0 aromatic heterocycles. The molecule has 0 aliphatic carbocycles. The van der Waals surface area contributed by atoms with E-state index in [0.29, 0.717) is 18.5 Å². The van der Waals surface area contributed by atoms with Gasteiger partial charge in [-0.3, -0.25) is 4.79 Å². The Labute approximate surface area is 111 Å². The first-order valence-electron chi connectivity index (χ1n) is 5.79.